The summed E-state index contributed by atoms with van der Waals surface area (Å²) in [5.41, 5.74) is -0.197. The van der Waals surface area contributed by atoms with Crippen molar-refractivity contribution in [1.29, 1.82) is 0 Å². The van der Waals surface area contributed by atoms with Gasteiger partial charge in [0.25, 0.3) is 5.69 Å². The van der Waals surface area contributed by atoms with Gasteiger partial charge in [-0.25, -0.2) is 4.39 Å². The number of halogens is 2. The number of benzene rings is 1. The Bertz CT molecular complexity index is 575. The zero-order valence-corrected chi connectivity index (χ0v) is 10.3. The Labute approximate surface area is 108 Å². The Balaban J connectivity index is 2.25. The summed E-state index contributed by atoms with van der Waals surface area (Å²) in [5, 5.41) is 17.0. The normalized spacial score (nSPS) is 10.3. The smallest absolute Gasteiger partial charge is 0.293 e. The zero-order chi connectivity index (χ0) is 13.1. The van der Waals surface area contributed by atoms with Gasteiger partial charge >= 0.3 is 0 Å². The van der Waals surface area contributed by atoms with E-state index in [9.17, 15) is 14.5 Å². The molecule has 0 saturated heterocycles. The van der Waals surface area contributed by atoms with Crippen molar-refractivity contribution in [3.05, 3.63) is 44.8 Å². The van der Waals surface area contributed by atoms with Crippen molar-refractivity contribution >= 4 is 27.3 Å². The van der Waals surface area contributed by atoms with Gasteiger partial charge in [-0.1, -0.05) is 5.16 Å². The summed E-state index contributed by atoms with van der Waals surface area (Å²) in [5.74, 6) is -0.288. The number of nitrogens with one attached hydrogen (secondary N) is 1. The van der Waals surface area contributed by atoms with E-state index in [0.29, 0.717) is 5.82 Å². The molecule has 2 rings (SSSR count). The Morgan fingerprint density at radius 3 is 2.94 bits per heavy atom. The van der Waals surface area contributed by atoms with Crippen LogP contribution in [0.2, 0.25) is 0 Å². The average molecular weight is 317 g/mol. The second-order valence-electron chi connectivity index (χ2n) is 3.24. The van der Waals surface area contributed by atoms with Crippen LogP contribution in [0.3, 0.4) is 0 Å². The van der Waals surface area contributed by atoms with E-state index in [-0.39, 0.29) is 22.4 Å². The number of nitrogens with zero attached hydrogens (tertiary/aromatic N) is 3. The monoisotopic (exact) mass is 316 g/mol. The molecule has 0 fully saturated rings. The fourth-order valence-electron chi connectivity index (χ4n) is 1.27. The highest BCUT2D eigenvalue weighted by molar-refractivity contribution is 9.10. The molecule has 0 bridgehead atoms. The maximum atomic E-state index is 13.3. The molecule has 7 nitrogen and oxygen atoms in total. The molecule has 1 N–H and O–H groups in total. The second kappa shape index (κ2) is 5.08. The van der Waals surface area contributed by atoms with Crippen LogP contribution in [0.4, 0.5) is 15.8 Å². The van der Waals surface area contributed by atoms with Gasteiger partial charge in [0.15, 0.2) is 5.82 Å². The molecular formula is C9H6BrFN4O3. The van der Waals surface area contributed by atoms with Crippen LogP contribution in [0.1, 0.15) is 5.82 Å². The first-order valence-electron chi connectivity index (χ1n) is 4.70. The third-order valence-electron chi connectivity index (χ3n) is 2.08. The van der Waals surface area contributed by atoms with Crippen LogP contribution in [-0.4, -0.2) is 15.1 Å². The molecule has 94 valence electrons. The third-order valence-corrected chi connectivity index (χ3v) is 2.69. The molecule has 1 heterocycles. The summed E-state index contributed by atoms with van der Waals surface area (Å²) in [7, 11) is 0. The molecule has 0 amide bonds. The Morgan fingerprint density at radius 2 is 2.33 bits per heavy atom. The number of hydrogen-bond acceptors (Lipinski definition) is 6. The van der Waals surface area contributed by atoms with E-state index < -0.39 is 10.7 Å². The molecule has 0 aliphatic heterocycles. The van der Waals surface area contributed by atoms with Crippen molar-refractivity contribution < 1.29 is 13.8 Å². The SMILES string of the molecule is O=[N+]([O-])c1cc(Br)c(F)cc1NCc1ncon1. The fourth-order valence-corrected chi connectivity index (χ4v) is 1.60. The highest BCUT2D eigenvalue weighted by Crippen LogP contribution is 2.30. The summed E-state index contributed by atoms with van der Waals surface area (Å²) in [6.45, 7) is 0.0956. The van der Waals surface area contributed by atoms with Crippen molar-refractivity contribution in [2.45, 2.75) is 6.54 Å². The summed E-state index contributed by atoms with van der Waals surface area (Å²) >= 11 is 2.89. The largest absolute Gasteiger partial charge is 0.372 e. The molecule has 0 saturated carbocycles. The minimum atomic E-state index is -0.608. The van der Waals surface area contributed by atoms with E-state index in [0.717, 1.165) is 18.5 Å². The van der Waals surface area contributed by atoms with Gasteiger partial charge in [-0.05, 0) is 15.9 Å². The Morgan fingerprint density at radius 1 is 1.56 bits per heavy atom. The van der Waals surface area contributed by atoms with Crippen LogP contribution < -0.4 is 5.32 Å². The summed E-state index contributed by atoms with van der Waals surface area (Å²) in [6, 6.07) is 2.12. The van der Waals surface area contributed by atoms with Crippen molar-refractivity contribution in [2.75, 3.05) is 5.32 Å². The quantitative estimate of drug-likeness (QED) is 0.688. The van der Waals surface area contributed by atoms with Crippen LogP contribution in [0.25, 0.3) is 0 Å². The molecule has 0 aliphatic carbocycles. The molecule has 0 unspecified atom stereocenters. The molecule has 1 aromatic carbocycles. The van der Waals surface area contributed by atoms with Gasteiger partial charge in [0.05, 0.1) is 15.9 Å². The van der Waals surface area contributed by atoms with E-state index in [1.165, 1.54) is 0 Å². The van der Waals surface area contributed by atoms with Crippen LogP contribution >= 0.6 is 15.9 Å². The molecule has 0 atom stereocenters. The van der Waals surface area contributed by atoms with E-state index in [1.807, 2.05) is 0 Å². The molecule has 9 heteroatoms. The second-order valence-corrected chi connectivity index (χ2v) is 4.10. The van der Waals surface area contributed by atoms with Crippen LogP contribution in [0.15, 0.2) is 27.5 Å². The standard InChI is InChI=1S/C9H6BrFN4O3/c10-5-1-8(15(16)17)7(2-6(5)11)12-3-9-13-4-18-14-9/h1-2,4,12H,3H2. The minimum absolute atomic E-state index is 0.0271. The van der Waals surface area contributed by atoms with Crippen molar-refractivity contribution in [2.24, 2.45) is 0 Å². The Kier molecular flexibility index (Phi) is 3.51. The summed E-state index contributed by atoms with van der Waals surface area (Å²) < 4.78 is 17.9. The average Bonchev–Trinajstić information content (AvgIpc) is 2.83. The maximum absolute atomic E-state index is 13.3. The predicted octanol–water partition coefficient (Wildman–Crippen LogP) is 2.49. The maximum Gasteiger partial charge on any atom is 0.293 e. The molecule has 18 heavy (non-hydrogen) atoms. The van der Waals surface area contributed by atoms with Crippen LogP contribution in [0, 0.1) is 15.9 Å². The lowest BCUT2D eigenvalue weighted by Crippen LogP contribution is -2.04. The summed E-state index contributed by atoms with van der Waals surface area (Å²) in [4.78, 5) is 13.9. The summed E-state index contributed by atoms with van der Waals surface area (Å²) in [6.07, 6.45) is 1.13. The lowest BCUT2D eigenvalue weighted by atomic mass is 10.2. The molecular weight excluding hydrogens is 311 g/mol. The van der Waals surface area contributed by atoms with Gasteiger partial charge in [-0.15, -0.1) is 0 Å². The van der Waals surface area contributed by atoms with E-state index in [1.54, 1.807) is 0 Å². The van der Waals surface area contributed by atoms with Crippen molar-refractivity contribution in [3.63, 3.8) is 0 Å². The zero-order valence-electron chi connectivity index (χ0n) is 8.76. The number of hydrogen-bond donors (Lipinski definition) is 1. The topological polar surface area (TPSA) is 94.1 Å². The number of rotatable bonds is 4. The number of anilines is 1. The molecule has 0 spiro atoms. The van der Waals surface area contributed by atoms with E-state index in [2.05, 4.69) is 35.9 Å². The van der Waals surface area contributed by atoms with Gasteiger partial charge in [-0.3, -0.25) is 10.1 Å². The molecule has 2 aromatic rings. The molecule has 0 radical (unpaired) electrons. The number of nitro groups is 1. The van der Waals surface area contributed by atoms with E-state index in [4.69, 9.17) is 0 Å². The number of aromatic nitrogens is 2. The lowest BCUT2D eigenvalue weighted by Gasteiger charge is -2.05. The molecule has 0 aliphatic rings. The van der Waals surface area contributed by atoms with Gasteiger partial charge in [0.2, 0.25) is 6.39 Å². The van der Waals surface area contributed by atoms with Gasteiger partial charge in [0, 0.05) is 12.1 Å². The predicted molar refractivity (Wildman–Crippen MR) is 62.4 cm³/mol. The highest BCUT2D eigenvalue weighted by Gasteiger charge is 2.17. The van der Waals surface area contributed by atoms with Gasteiger partial charge < -0.3 is 9.84 Å². The van der Waals surface area contributed by atoms with Crippen molar-refractivity contribution in [3.8, 4) is 0 Å². The first kappa shape index (κ1) is 12.4. The van der Waals surface area contributed by atoms with Crippen LogP contribution in [0.5, 0.6) is 0 Å². The fraction of sp³-hybridized carbons (Fsp3) is 0.111. The van der Waals surface area contributed by atoms with Crippen molar-refractivity contribution in [1.82, 2.24) is 10.1 Å². The first-order chi connectivity index (χ1) is 8.58. The minimum Gasteiger partial charge on any atom is -0.372 e. The lowest BCUT2D eigenvalue weighted by molar-refractivity contribution is -0.384. The van der Waals surface area contributed by atoms with Gasteiger partial charge in [-0.2, -0.15) is 4.98 Å². The molecule has 1 aromatic heterocycles. The van der Waals surface area contributed by atoms with E-state index >= 15 is 0 Å². The highest BCUT2D eigenvalue weighted by atomic mass is 79.9. The first-order valence-corrected chi connectivity index (χ1v) is 5.50. The third kappa shape index (κ3) is 2.62. The van der Waals surface area contributed by atoms with Gasteiger partial charge in [0.1, 0.15) is 11.5 Å². The Hall–Kier alpha value is -2.03. The number of nitro benzene ring substituents is 1. The van der Waals surface area contributed by atoms with Crippen LogP contribution in [-0.2, 0) is 6.54 Å².